The van der Waals surface area contributed by atoms with Crippen molar-refractivity contribution in [2.45, 2.75) is 33.7 Å². The third kappa shape index (κ3) is 6.87. The number of rotatable bonds is 9. The van der Waals surface area contributed by atoms with Crippen LogP contribution >= 0.6 is 0 Å². The van der Waals surface area contributed by atoms with Gasteiger partial charge in [-0.2, -0.15) is 0 Å². The molecule has 0 unspecified atom stereocenters. The van der Waals surface area contributed by atoms with Crippen molar-refractivity contribution >= 4 is 5.95 Å². The Labute approximate surface area is 129 Å². The van der Waals surface area contributed by atoms with Gasteiger partial charge in [0.2, 0.25) is 5.95 Å². The number of aryl methyl sites for hydroxylation is 1. The van der Waals surface area contributed by atoms with Gasteiger partial charge in [-0.1, -0.05) is 13.8 Å². The predicted molar refractivity (Wildman–Crippen MR) is 89.8 cm³/mol. The van der Waals surface area contributed by atoms with E-state index < -0.39 is 0 Å². The van der Waals surface area contributed by atoms with Crippen molar-refractivity contribution in [2.75, 3.05) is 45.7 Å². The Bertz CT molecular complexity index is 417. The lowest BCUT2D eigenvalue weighted by Crippen LogP contribution is -2.25. The molecule has 1 heterocycles. The Morgan fingerprint density at radius 2 is 1.90 bits per heavy atom. The number of hydrogen-bond donors (Lipinski definition) is 1. The van der Waals surface area contributed by atoms with Gasteiger partial charge >= 0.3 is 0 Å². The van der Waals surface area contributed by atoms with Crippen LogP contribution in [0.5, 0.6) is 0 Å². The van der Waals surface area contributed by atoms with Crippen molar-refractivity contribution in [3.05, 3.63) is 17.5 Å². The SMILES string of the molecule is Cc1nc(N(C)CCCN(C)C)ncc1CNCC(C)C. The molecule has 0 atom stereocenters. The molecular weight excluding hydrogens is 262 g/mol. The van der Waals surface area contributed by atoms with Crippen molar-refractivity contribution in [1.82, 2.24) is 20.2 Å². The summed E-state index contributed by atoms with van der Waals surface area (Å²) in [5.74, 6) is 1.48. The van der Waals surface area contributed by atoms with E-state index in [9.17, 15) is 0 Å². The molecule has 21 heavy (non-hydrogen) atoms. The zero-order valence-corrected chi connectivity index (χ0v) is 14.5. The Morgan fingerprint density at radius 1 is 1.19 bits per heavy atom. The standard InChI is InChI=1S/C16H31N5/c1-13(2)10-17-11-15-12-18-16(19-14(15)3)21(6)9-7-8-20(4)5/h12-13,17H,7-11H2,1-6H3. The fourth-order valence-corrected chi connectivity index (χ4v) is 2.06. The molecule has 0 bridgehead atoms. The van der Waals surface area contributed by atoms with Gasteiger partial charge in [0.05, 0.1) is 0 Å². The van der Waals surface area contributed by atoms with E-state index in [1.54, 1.807) is 0 Å². The van der Waals surface area contributed by atoms with Gasteiger partial charge in [0.15, 0.2) is 0 Å². The van der Waals surface area contributed by atoms with Crippen LogP contribution in [0, 0.1) is 12.8 Å². The molecule has 0 aromatic carbocycles. The van der Waals surface area contributed by atoms with Gasteiger partial charge in [0, 0.05) is 37.6 Å². The Balaban J connectivity index is 2.52. The first-order valence-corrected chi connectivity index (χ1v) is 7.79. The van der Waals surface area contributed by atoms with E-state index >= 15 is 0 Å². The minimum atomic E-state index is 0.660. The molecule has 1 rings (SSSR count). The first-order chi connectivity index (χ1) is 9.90. The number of nitrogens with one attached hydrogen (secondary N) is 1. The lowest BCUT2D eigenvalue weighted by Gasteiger charge is -2.19. The number of hydrogen-bond acceptors (Lipinski definition) is 5. The Kier molecular flexibility index (Phi) is 7.61. The highest BCUT2D eigenvalue weighted by atomic mass is 15.2. The van der Waals surface area contributed by atoms with Gasteiger partial charge in [-0.25, -0.2) is 9.97 Å². The lowest BCUT2D eigenvalue weighted by atomic mass is 10.2. The van der Waals surface area contributed by atoms with Gasteiger partial charge in [0.25, 0.3) is 0 Å². The quantitative estimate of drug-likeness (QED) is 0.753. The highest BCUT2D eigenvalue weighted by molar-refractivity contribution is 5.31. The van der Waals surface area contributed by atoms with E-state index in [0.717, 1.165) is 44.2 Å². The van der Waals surface area contributed by atoms with Gasteiger partial charge in [-0.05, 0) is 46.4 Å². The molecule has 1 aromatic rings. The fraction of sp³-hybridized carbons (Fsp3) is 0.750. The minimum absolute atomic E-state index is 0.660. The molecule has 1 N–H and O–H groups in total. The van der Waals surface area contributed by atoms with E-state index in [1.807, 2.05) is 6.20 Å². The average molecular weight is 293 g/mol. The van der Waals surface area contributed by atoms with Gasteiger partial charge in [0.1, 0.15) is 0 Å². The summed E-state index contributed by atoms with van der Waals surface area (Å²) in [4.78, 5) is 13.5. The molecule has 0 aliphatic heterocycles. The summed E-state index contributed by atoms with van der Waals surface area (Å²) >= 11 is 0. The number of aromatic nitrogens is 2. The lowest BCUT2D eigenvalue weighted by molar-refractivity contribution is 0.401. The van der Waals surface area contributed by atoms with Crippen LogP contribution in [0.4, 0.5) is 5.95 Å². The molecule has 0 spiro atoms. The van der Waals surface area contributed by atoms with Gasteiger partial charge < -0.3 is 15.1 Å². The molecule has 0 radical (unpaired) electrons. The van der Waals surface area contributed by atoms with E-state index in [4.69, 9.17) is 0 Å². The second kappa shape index (κ2) is 8.95. The molecule has 0 fully saturated rings. The summed E-state index contributed by atoms with van der Waals surface area (Å²) in [6.07, 6.45) is 3.07. The zero-order valence-electron chi connectivity index (χ0n) is 14.5. The van der Waals surface area contributed by atoms with Crippen molar-refractivity contribution < 1.29 is 0 Å². The number of anilines is 1. The number of nitrogens with zero attached hydrogens (tertiary/aromatic N) is 4. The summed E-state index contributed by atoms with van der Waals surface area (Å²) in [6.45, 7) is 10.4. The molecular formula is C16H31N5. The normalized spacial score (nSPS) is 11.4. The summed E-state index contributed by atoms with van der Waals surface area (Å²) in [6, 6.07) is 0. The van der Waals surface area contributed by atoms with Crippen LogP contribution in [-0.2, 0) is 6.54 Å². The molecule has 5 nitrogen and oxygen atoms in total. The maximum absolute atomic E-state index is 4.63. The van der Waals surface area contributed by atoms with Crippen LogP contribution < -0.4 is 10.2 Å². The van der Waals surface area contributed by atoms with Crippen LogP contribution in [-0.4, -0.2) is 55.6 Å². The molecule has 120 valence electrons. The smallest absolute Gasteiger partial charge is 0.225 e. The fourth-order valence-electron chi connectivity index (χ4n) is 2.06. The summed E-state index contributed by atoms with van der Waals surface area (Å²) in [7, 11) is 6.25. The van der Waals surface area contributed by atoms with Crippen LogP contribution in [0.25, 0.3) is 0 Å². The van der Waals surface area contributed by atoms with E-state index in [1.165, 1.54) is 5.56 Å². The third-order valence-electron chi connectivity index (χ3n) is 3.38. The molecule has 0 aliphatic rings. The topological polar surface area (TPSA) is 44.3 Å². The third-order valence-corrected chi connectivity index (χ3v) is 3.38. The van der Waals surface area contributed by atoms with Crippen molar-refractivity contribution in [3.8, 4) is 0 Å². The largest absolute Gasteiger partial charge is 0.344 e. The maximum atomic E-state index is 4.63. The van der Waals surface area contributed by atoms with E-state index in [0.29, 0.717) is 5.92 Å². The first kappa shape index (κ1) is 17.9. The van der Waals surface area contributed by atoms with Crippen LogP contribution in [0.1, 0.15) is 31.5 Å². The van der Waals surface area contributed by atoms with Gasteiger partial charge in [-0.3, -0.25) is 0 Å². The second-order valence-electron chi connectivity index (χ2n) is 6.38. The average Bonchev–Trinajstić information content (AvgIpc) is 2.39. The summed E-state index contributed by atoms with van der Waals surface area (Å²) < 4.78 is 0. The highest BCUT2D eigenvalue weighted by Gasteiger charge is 2.07. The molecule has 5 heteroatoms. The van der Waals surface area contributed by atoms with E-state index in [-0.39, 0.29) is 0 Å². The zero-order chi connectivity index (χ0) is 15.8. The van der Waals surface area contributed by atoms with Crippen molar-refractivity contribution in [3.63, 3.8) is 0 Å². The first-order valence-electron chi connectivity index (χ1n) is 7.79. The molecule has 0 saturated carbocycles. The van der Waals surface area contributed by atoms with Gasteiger partial charge in [-0.15, -0.1) is 0 Å². The summed E-state index contributed by atoms with van der Waals surface area (Å²) in [5, 5.41) is 3.44. The van der Waals surface area contributed by atoms with Crippen LogP contribution in [0.15, 0.2) is 6.20 Å². The monoisotopic (exact) mass is 293 g/mol. The molecule has 0 saturated heterocycles. The second-order valence-corrected chi connectivity index (χ2v) is 6.38. The highest BCUT2D eigenvalue weighted by Crippen LogP contribution is 2.10. The maximum Gasteiger partial charge on any atom is 0.225 e. The van der Waals surface area contributed by atoms with Crippen LogP contribution in [0.3, 0.4) is 0 Å². The van der Waals surface area contributed by atoms with Crippen molar-refractivity contribution in [2.24, 2.45) is 5.92 Å². The Morgan fingerprint density at radius 3 is 2.48 bits per heavy atom. The van der Waals surface area contributed by atoms with E-state index in [2.05, 4.69) is 67.0 Å². The van der Waals surface area contributed by atoms with Crippen molar-refractivity contribution in [1.29, 1.82) is 0 Å². The summed E-state index contributed by atoms with van der Waals surface area (Å²) in [5.41, 5.74) is 2.25. The molecule has 1 aromatic heterocycles. The predicted octanol–water partition coefficient (Wildman–Crippen LogP) is 1.92. The molecule has 0 amide bonds. The Hall–Kier alpha value is -1.20. The van der Waals surface area contributed by atoms with Crippen LogP contribution in [0.2, 0.25) is 0 Å². The minimum Gasteiger partial charge on any atom is -0.344 e. The molecule has 0 aliphatic carbocycles.